The van der Waals surface area contributed by atoms with Crippen LogP contribution in [0.1, 0.15) is 36.4 Å². The number of nitrogens with two attached hydrogens (primary N) is 1. The second-order valence-corrected chi connectivity index (χ2v) is 5.07. The third kappa shape index (κ3) is 2.32. The van der Waals surface area contributed by atoms with Gasteiger partial charge in [-0.2, -0.15) is 0 Å². The van der Waals surface area contributed by atoms with Crippen molar-refractivity contribution >= 4 is 15.9 Å². The minimum atomic E-state index is 0.0978. The number of benzene rings is 1. The van der Waals surface area contributed by atoms with Gasteiger partial charge in [0.2, 0.25) is 0 Å². The molecule has 1 aliphatic carbocycles. The van der Waals surface area contributed by atoms with E-state index in [1.54, 1.807) is 0 Å². The molecule has 80 valence electrons. The molecule has 15 heavy (non-hydrogen) atoms. The molecule has 0 heterocycles. The van der Waals surface area contributed by atoms with Gasteiger partial charge in [-0.1, -0.05) is 33.6 Å². The van der Waals surface area contributed by atoms with Crippen molar-refractivity contribution in [1.29, 1.82) is 0 Å². The van der Waals surface area contributed by atoms with Crippen molar-refractivity contribution in [3.63, 3.8) is 0 Å². The maximum Gasteiger partial charge on any atom is 0.0513 e. The quantitative estimate of drug-likeness (QED) is 0.808. The highest BCUT2D eigenvalue weighted by Crippen LogP contribution is 2.31. The number of rotatable bonds is 2. The topological polar surface area (TPSA) is 26.0 Å². The molecule has 1 aromatic carbocycles. The average molecular weight is 266 g/mol. The highest BCUT2D eigenvalue weighted by Gasteiger charge is 2.16. The van der Waals surface area contributed by atoms with Crippen molar-refractivity contribution in [3.8, 4) is 0 Å². The van der Waals surface area contributed by atoms with E-state index < -0.39 is 0 Å². The van der Waals surface area contributed by atoms with E-state index in [-0.39, 0.29) is 6.04 Å². The van der Waals surface area contributed by atoms with Crippen LogP contribution in [0.25, 0.3) is 0 Å². The Morgan fingerprint density at radius 2 is 2.20 bits per heavy atom. The van der Waals surface area contributed by atoms with Gasteiger partial charge in [0.05, 0.1) is 6.04 Å². The monoisotopic (exact) mass is 265 g/mol. The Bertz CT molecular complexity index is 396. The first-order valence-corrected chi connectivity index (χ1v) is 6.18. The molecule has 2 rings (SSSR count). The SMILES string of the molecule is Cc1cc(Br)ccc1C(N)C1=CCCC1. The zero-order chi connectivity index (χ0) is 10.8. The number of allylic oxidation sites excluding steroid dienone is 1. The number of aryl methyl sites for hydroxylation is 1. The molecule has 2 heteroatoms. The Morgan fingerprint density at radius 1 is 1.40 bits per heavy atom. The van der Waals surface area contributed by atoms with Crippen LogP contribution in [0.15, 0.2) is 34.3 Å². The van der Waals surface area contributed by atoms with Crippen LogP contribution in [0.4, 0.5) is 0 Å². The van der Waals surface area contributed by atoms with Gasteiger partial charge in [0.25, 0.3) is 0 Å². The van der Waals surface area contributed by atoms with Crippen LogP contribution in [-0.4, -0.2) is 0 Å². The van der Waals surface area contributed by atoms with E-state index >= 15 is 0 Å². The van der Waals surface area contributed by atoms with Gasteiger partial charge in [0, 0.05) is 4.47 Å². The highest BCUT2D eigenvalue weighted by molar-refractivity contribution is 9.10. The van der Waals surface area contributed by atoms with Gasteiger partial charge < -0.3 is 5.73 Å². The molecule has 0 saturated carbocycles. The van der Waals surface area contributed by atoms with Crippen LogP contribution in [0.5, 0.6) is 0 Å². The third-order valence-electron chi connectivity index (χ3n) is 3.04. The van der Waals surface area contributed by atoms with Gasteiger partial charge in [-0.05, 0) is 49.4 Å². The molecule has 0 amide bonds. The van der Waals surface area contributed by atoms with Crippen LogP contribution in [0, 0.1) is 6.92 Å². The fourth-order valence-electron chi connectivity index (χ4n) is 2.17. The van der Waals surface area contributed by atoms with Gasteiger partial charge in [-0.3, -0.25) is 0 Å². The van der Waals surface area contributed by atoms with Crippen LogP contribution in [0.3, 0.4) is 0 Å². The summed E-state index contributed by atoms with van der Waals surface area (Å²) in [7, 11) is 0. The van der Waals surface area contributed by atoms with Gasteiger partial charge in [0.1, 0.15) is 0 Å². The first-order valence-electron chi connectivity index (χ1n) is 5.39. The van der Waals surface area contributed by atoms with Crippen molar-refractivity contribution < 1.29 is 0 Å². The maximum atomic E-state index is 6.27. The molecule has 0 spiro atoms. The predicted molar refractivity (Wildman–Crippen MR) is 67.7 cm³/mol. The minimum absolute atomic E-state index is 0.0978. The standard InChI is InChI=1S/C13H16BrN/c1-9-8-11(14)6-7-12(9)13(15)10-4-2-3-5-10/h4,6-8,13H,2-3,5,15H2,1H3. The fourth-order valence-corrected chi connectivity index (χ4v) is 2.64. The molecule has 0 saturated heterocycles. The summed E-state index contributed by atoms with van der Waals surface area (Å²) in [5.74, 6) is 0. The van der Waals surface area contributed by atoms with E-state index in [4.69, 9.17) is 5.73 Å². The summed E-state index contributed by atoms with van der Waals surface area (Å²) in [6.45, 7) is 2.12. The van der Waals surface area contributed by atoms with E-state index in [1.165, 1.54) is 29.5 Å². The average Bonchev–Trinajstić information content (AvgIpc) is 2.69. The molecule has 1 atom stereocenters. The van der Waals surface area contributed by atoms with Crippen molar-refractivity contribution in [2.75, 3.05) is 0 Å². The maximum absolute atomic E-state index is 6.27. The Labute approximate surface area is 99.5 Å². The highest BCUT2D eigenvalue weighted by atomic mass is 79.9. The van der Waals surface area contributed by atoms with Gasteiger partial charge in [-0.25, -0.2) is 0 Å². The molecule has 1 aliphatic rings. The Kier molecular flexibility index (Phi) is 3.27. The fraction of sp³-hybridized carbons (Fsp3) is 0.385. The lowest BCUT2D eigenvalue weighted by atomic mass is 9.95. The zero-order valence-electron chi connectivity index (χ0n) is 8.96. The molecule has 1 nitrogen and oxygen atoms in total. The van der Waals surface area contributed by atoms with E-state index in [0.717, 1.165) is 10.9 Å². The molecule has 0 bridgehead atoms. The molecular formula is C13H16BrN. The lowest BCUT2D eigenvalue weighted by Gasteiger charge is -2.16. The molecule has 1 aromatic rings. The van der Waals surface area contributed by atoms with Crippen molar-refractivity contribution in [1.82, 2.24) is 0 Å². The third-order valence-corrected chi connectivity index (χ3v) is 3.54. The van der Waals surface area contributed by atoms with E-state index in [9.17, 15) is 0 Å². The van der Waals surface area contributed by atoms with Crippen LogP contribution in [0.2, 0.25) is 0 Å². The summed E-state index contributed by atoms with van der Waals surface area (Å²) >= 11 is 3.47. The summed E-state index contributed by atoms with van der Waals surface area (Å²) in [4.78, 5) is 0. The van der Waals surface area contributed by atoms with E-state index in [2.05, 4.69) is 47.1 Å². The van der Waals surface area contributed by atoms with Crippen LogP contribution < -0.4 is 5.73 Å². The largest absolute Gasteiger partial charge is 0.321 e. The van der Waals surface area contributed by atoms with E-state index in [1.807, 2.05) is 0 Å². The lowest BCUT2D eigenvalue weighted by Crippen LogP contribution is -2.13. The van der Waals surface area contributed by atoms with Crippen molar-refractivity contribution in [3.05, 3.63) is 45.4 Å². The number of hydrogen-bond donors (Lipinski definition) is 1. The van der Waals surface area contributed by atoms with Gasteiger partial charge in [0.15, 0.2) is 0 Å². The molecular weight excluding hydrogens is 250 g/mol. The summed E-state index contributed by atoms with van der Waals surface area (Å²) < 4.78 is 1.12. The van der Waals surface area contributed by atoms with Crippen LogP contribution in [-0.2, 0) is 0 Å². The zero-order valence-corrected chi connectivity index (χ0v) is 10.5. The Morgan fingerprint density at radius 3 is 2.80 bits per heavy atom. The summed E-state index contributed by atoms with van der Waals surface area (Å²) in [5.41, 5.74) is 10.2. The summed E-state index contributed by atoms with van der Waals surface area (Å²) in [6, 6.07) is 6.42. The lowest BCUT2D eigenvalue weighted by molar-refractivity contribution is 0.779. The predicted octanol–water partition coefficient (Wildman–Crippen LogP) is 3.87. The van der Waals surface area contributed by atoms with Gasteiger partial charge >= 0.3 is 0 Å². The van der Waals surface area contributed by atoms with Crippen molar-refractivity contribution in [2.24, 2.45) is 5.73 Å². The first-order chi connectivity index (χ1) is 7.18. The smallest absolute Gasteiger partial charge is 0.0513 e. The number of hydrogen-bond acceptors (Lipinski definition) is 1. The van der Waals surface area contributed by atoms with Crippen molar-refractivity contribution in [2.45, 2.75) is 32.2 Å². The molecule has 1 unspecified atom stereocenters. The minimum Gasteiger partial charge on any atom is -0.321 e. The Balaban J connectivity index is 2.28. The normalized spacial score (nSPS) is 17.7. The summed E-state index contributed by atoms with van der Waals surface area (Å²) in [6.07, 6.45) is 5.92. The molecule has 0 aromatic heterocycles. The molecule has 2 N–H and O–H groups in total. The molecule has 0 aliphatic heterocycles. The first kappa shape index (κ1) is 10.9. The van der Waals surface area contributed by atoms with Crippen LogP contribution >= 0.6 is 15.9 Å². The van der Waals surface area contributed by atoms with Gasteiger partial charge in [-0.15, -0.1) is 0 Å². The Hall–Kier alpha value is -0.600. The number of halogens is 1. The second-order valence-electron chi connectivity index (χ2n) is 4.15. The molecule has 0 radical (unpaired) electrons. The van der Waals surface area contributed by atoms with E-state index in [0.29, 0.717) is 0 Å². The second kappa shape index (κ2) is 4.50. The summed E-state index contributed by atoms with van der Waals surface area (Å²) in [5, 5.41) is 0. The molecule has 0 fully saturated rings.